The molecular weight excluding hydrogens is 230 g/mol. The summed E-state index contributed by atoms with van der Waals surface area (Å²) < 4.78 is 0. The zero-order chi connectivity index (χ0) is 12.3. The van der Waals surface area contributed by atoms with Gasteiger partial charge in [0.1, 0.15) is 16.0 Å². The number of nitrogens with zero attached hydrogens (tertiary/aromatic N) is 2. The average Bonchev–Trinajstić information content (AvgIpc) is 2.82. The van der Waals surface area contributed by atoms with Gasteiger partial charge in [-0.3, -0.25) is 0 Å². The maximum absolute atomic E-state index is 9.07. The van der Waals surface area contributed by atoms with Crippen molar-refractivity contribution in [3.05, 3.63) is 39.7 Å². The molecule has 0 unspecified atom stereocenters. The number of benzene rings is 1. The van der Waals surface area contributed by atoms with Crippen molar-refractivity contribution in [1.82, 2.24) is 4.98 Å². The molecule has 1 aromatic heterocycles. The molecule has 0 radical (unpaired) electrons. The molecule has 2 rings (SSSR count). The molecule has 0 amide bonds. The van der Waals surface area contributed by atoms with Crippen LogP contribution in [-0.4, -0.2) is 4.98 Å². The van der Waals surface area contributed by atoms with Gasteiger partial charge in [-0.15, -0.1) is 11.3 Å². The first kappa shape index (κ1) is 11.8. The minimum Gasteiger partial charge on any atom is -0.325 e. The van der Waals surface area contributed by atoms with E-state index in [1.54, 1.807) is 0 Å². The summed E-state index contributed by atoms with van der Waals surface area (Å²) in [6, 6.07) is 10.3. The van der Waals surface area contributed by atoms with Gasteiger partial charge in [0.05, 0.1) is 5.69 Å². The Hall–Kier alpha value is -1.70. The highest BCUT2D eigenvalue weighted by molar-refractivity contribution is 7.12. The molecule has 1 aromatic carbocycles. The van der Waals surface area contributed by atoms with E-state index in [9.17, 15) is 0 Å². The molecular formula is C13H13N3S. The van der Waals surface area contributed by atoms with Gasteiger partial charge < -0.3 is 5.73 Å². The lowest BCUT2D eigenvalue weighted by Crippen LogP contribution is -1.94. The van der Waals surface area contributed by atoms with Crippen LogP contribution in [0.3, 0.4) is 0 Å². The van der Waals surface area contributed by atoms with E-state index in [1.165, 1.54) is 16.9 Å². The minimum atomic E-state index is 0.381. The van der Waals surface area contributed by atoms with Crippen LogP contribution in [-0.2, 0) is 13.0 Å². The van der Waals surface area contributed by atoms with Gasteiger partial charge in [-0.05, 0) is 12.0 Å². The highest BCUT2D eigenvalue weighted by atomic mass is 32.1. The Kier molecular flexibility index (Phi) is 3.52. The Morgan fingerprint density at radius 3 is 2.59 bits per heavy atom. The number of thiazole rings is 1. The summed E-state index contributed by atoms with van der Waals surface area (Å²) in [5, 5.41) is 9.87. The zero-order valence-electron chi connectivity index (χ0n) is 9.60. The molecule has 3 nitrogen and oxygen atoms in total. The number of nitriles is 1. The van der Waals surface area contributed by atoms with Gasteiger partial charge in [-0.25, -0.2) is 4.98 Å². The van der Waals surface area contributed by atoms with Gasteiger partial charge in [0, 0.05) is 12.1 Å². The topological polar surface area (TPSA) is 62.7 Å². The maximum Gasteiger partial charge on any atom is 0.132 e. The predicted octanol–water partition coefficient (Wildman–Crippen LogP) is 2.70. The van der Waals surface area contributed by atoms with E-state index in [0.717, 1.165) is 22.7 Å². The fraction of sp³-hybridized carbons (Fsp3) is 0.231. The first-order chi connectivity index (χ1) is 8.28. The monoisotopic (exact) mass is 243 g/mol. The van der Waals surface area contributed by atoms with E-state index in [2.05, 4.69) is 30.1 Å². The number of hydrogen-bond acceptors (Lipinski definition) is 4. The predicted molar refractivity (Wildman–Crippen MR) is 69.5 cm³/mol. The van der Waals surface area contributed by atoms with Crippen LogP contribution in [0, 0.1) is 11.3 Å². The molecule has 0 aliphatic heterocycles. The quantitative estimate of drug-likeness (QED) is 0.901. The summed E-state index contributed by atoms with van der Waals surface area (Å²) in [7, 11) is 0. The van der Waals surface area contributed by atoms with Gasteiger partial charge in [0.25, 0.3) is 0 Å². The molecule has 0 atom stereocenters. The number of rotatable bonds is 3. The van der Waals surface area contributed by atoms with Gasteiger partial charge >= 0.3 is 0 Å². The summed E-state index contributed by atoms with van der Waals surface area (Å²) in [6.45, 7) is 2.50. The first-order valence-electron chi connectivity index (χ1n) is 5.47. The van der Waals surface area contributed by atoms with Gasteiger partial charge in [0.2, 0.25) is 0 Å². The van der Waals surface area contributed by atoms with E-state index < -0.39 is 0 Å². The van der Waals surface area contributed by atoms with Crippen molar-refractivity contribution in [3.63, 3.8) is 0 Å². The highest BCUT2D eigenvalue weighted by Gasteiger charge is 2.11. The Bertz CT molecular complexity index is 549. The van der Waals surface area contributed by atoms with E-state index >= 15 is 0 Å². The molecule has 2 N–H and O–H groups in total. The van der Waals surface area contributed by atoms with Crippen molar-refractivity contribution in [3.8, 4) is 17.3 Å². The zero-order valence-corrected chi connectivity index (χ0v) is 10.4. The second-order valence-corrected chi connectivity index (χ2v) is 4.74. The van der Waals surface area contributed by atoms with E-state index in [1.807, 2.05) is 12.1 Å². The Morgan fingerprint density at radius 1 is 1.35 bits per heavy atom. The Labute approximate surface area is 105 Å². The number of aromatic nitrogens is 1. The lowest BCUT2D eigenvalue weighted by Gasteiger charge is -1.99. The second-order valence-electron chi connectivity index (χ2n) is 3.65. The SMILES string of the molecule is CCc1ccc(-c2nc(CN)sc2C#N)cc1. The maximum atomic E-state index is 9.07. The Morgan fingerprint density at radius 2 is 2.06 bits per heavy atom. The Balaban J connectivity index is 2.44. The number of nitrogens with two attached hydrogens (primary N) is 1. The van der Waals surface area contributed by atoms with Gasteiger partial charge in [-0.2, -0.15) is 5.26 Å². The molecule has 0 saturated heterocycles. The molecule has 0 bridgehead atoms. The molecule has 4 heteroatoms. The van der Waals surface area contributed by atoms with Crippen LogP contribution in [0.25, 0.3) is 11.3 Å². The minimum absolute atomic E-state index is 0.381. The first-order valence-corrected chi connectivity index (χ1v) is 6.29. The molecule has 2 aromatic rings. The van der Waals surface area contributed by atoms with Crippen LogP contribution in [0.1, 0.15) is 22.4 Å². The molecule has 0 aliphatic carbocycles. The number of aryl methyl sites for hydroxylation is 1. The van der Waals surface area contributed by atoms with Gasteiger partial charge in [0.15, 0.2) is 0 Å². The average molecular weight is 243 g/mol. The largest absolute Gasteiger partial charge is 0.325 e. The third-order valence-electron chi connectivity index (χ3n) is 2.58. The normalized spacial score (nSPS) is 10.2. The van der Waals surface area contributed by atoms with Crippen molar-refractivity contribution < 1.29 is 0 Å². The fourth-order valence-electron chi connectivity index (χ4n) is 1.62. The van der Waals surface area contributed by atoms with Crippen LogP contribution in [0.2, 0.25) is 0 Å². The molecule has 86 valence electrons. The third kappa shape index (κ3) is 2.36. The summed E-state index contributed by atoms with van der Waals surface area (Å²) in [6.07, 6.45) is 1.01. The fourth-order valence-corrected chi connectivity index (χ4v) is 2.38. The van der Waals surface area contributed by atoms with Crippen molar-refractivity contribution in [2.75, 3.05) is 0 Å². The summed E-state index contributed by atoms with van der Waals surface area (Å²) in [4.78, 5) is 5.03. The molecule has 0 aliphatic rings. The molecule has 1 heterocycles. The van der Waals surface area contributed by atoms with Crippen LogP contribution >= 0.6 is 11.3 Å². The van der Waals surface area contributed by atoms with Crippen LogP contribution < -0.4 is 5.73 Å². The standard InChI is InChI=1S/C13H13N3S/c1-2-9-3-5-10(6-4-9)13-11(7-14)17-12(8-15)16-13/h3-6H,2,8,15H2,1H3. The lowest BCUT2D eigenvalue weighted by atomic mass is 10.1. The van der Waals surface area contributed by atoms with E-state index in [4.69, 9.17) is 11.0 Å². The number of hydrogen-bond donors (Lipinski definition) is 1. The molecule has 0 spiro atoms. The van der Waals surface area contributed by atoms with Crippen molar-refractivity contribution in [2.24, 2.45) is 5.73 Å². The summed E-state index contributed by atoms with van der Waals surface area (Å²) in [5.41, 5.74) is 8.56. The van der Waals surface area contributed by atoms with Crippen molar-refractivity contribution >= 4 is 11.3 Å². The summed E-state index contributed by atoms with van der Waals surface area (Å²) >= 11 is 1.37. The van der Waals surface area contributed by atoms with Crippen LogP contribution in [0.5, 0.6) is 0 Å². The van der Waals surface area contributed by atoms with Crippen molar-refractivity contribution in [2.45, 2.75) is 19.9 Å². The van der Waals surface area contributed by atoms with Gasteiger partial charge in [-0.1, -0.05) is 31.2 Å². The smallest absolute Gasteiger partial charge is 0.132 e. The third-order valence-corrected chi connectivity index (χ3v) is 3.57. The molecule has 0 fully saturated rings. The van der Waals surface area contributed by atoms with Crippen LogP contribution in [0.15, 0.2) is 24.3 Å². The lowest BCUT2D eigenvalue weighted by molar-refractivity contribution is 1.04. The molecule has 17 heavy (non-hydrogen) atoms. The molecule has 0 saturated carbocycles. The van der Waals surface area contributed by atoms with Crippen LogP contribution in [0.4, 0.5) is 0 Å². The van der Waals surface area contributed by atoms with E-state index in [-0.39, 0.29) is 0 Å². The highest BCUT2D eigenvalue weighted by Crippen LogP contribution is 2.27. The second kappa shape index (κ2) is 5.09. The summed E-state index contributed by atoms with van der Waals surface area (Å²) in [5.74, 6) is 0. The van der Waals surface area contributed by atoms with E-state index in [0.29, 0.717) is 11.4 Å². The van der Waals surface area contributed by atoms with Crippen molar-refractivity contribution in [1.29, 1.82) is 5.26 Å².